The Balaban J connectivity index is -0.0000000436. The first-order valence-corrected chi connectivity index (χ1v) is 21.6. The van der Waals surface area contributed by atoms with Crippen LogP contribution in [0.5, 0.6) is 0 Å². The minimum Gasteiger partial charge on any atom is 2.00 e. The fraction of sp³-hybridized carbons (Fsp3) is 0.711. The fourth-order valence-corrected chi connectivity index (χ4v) is 1.68. The minimum absolute atomic E-state index is 0. The van der Waals surface area contributed by atoms with Crippen molar-refractivity contribution >= 4 is 92.2 Å². The quantitative estimate of drug-likeness (QED) is 0.107. The summed E-state index contributed by atoms with van der Waals surface area (Å²) in [4.78, 5) is 33.0. The molecule has 0 heterocycles. The second kappa shape index (κ2) is 76.2. The van der Waals surface area contributed by atoms with Crippen LogP contribution in [0.25, 0.3) is 0 Å². The number of hydrogen-bond donors (Lipinski definition) is 0. The monoisotopic (exact) mass is 1020 g/mol. The van der Waals surface area contributed by atoms with Crippen LogP contribution in [0.15, 0.2) is 39.9 Å². The second-order valence-corrected chi connectivity index (χ2v) is 13.8. The van der Waals surface area contributed by atoms with E-state index in [9.17, 15) is 0 Å². The summed E-state index contributed by atoms with van der Waals surface area (Å²) in [6, 6.07) is 2.99. The smallest absolute Gasteiger partial charge is 2.00 e. The van der Waals surface area contributed by atoms with Crippen LogP contribution in [0.2, 0.25) is 0 Å². The zero-order valence-electron chi connectivity index (χ0n) is 36.5. The number of nitrogens with zero attached hydrogens (tertiary/aromatic N) is 8. The molecule has 0 radical (unpaired) electrons. The number of halogens is 3. The van der Waals surface area contributed by atoms with Gasteiger partial charge in [-0.25, -0.2) is 0 Å². The molecule has 0 saturated carbocycles. The summed E-state index contributed by atoms with van der Waals surface area (Å²) in [5.74, 6) is 0. The third-order valence-electron chi connectivity index (χ3n) is 3.34. The Morgan fingerprint density at radius 3 is 0.423 bits per heavy atom. The Morgan fingerprint density at radius 2 is 0.385 bits per heavy atom. The zero-order chi connectivity index (χ0) is 40.6. The molecular formula is C38H79BrCl2MgN8Ru2. The first-order valence-electron chi connectivity index (χ1n) is 17.1. The van der Waals surface area contributed by atoms with Crippen LogP contribution in [-0.4, -0.2) is 121 Å². The average Bonchev–Trinajstić information content (AvgIpc) is 3.02. The molecule has 0 fully saturated rings. The maximum atomic E-state index is 4.85. The van der Waals surface area contributed by atoms with E-state index >= 15 is 0 Å². The fourth-order valence-electron chi connectivity index (χ4n) is 1.68. The van der Waals surface area contributed by atoms with Crippen molar-refractivity contribution in [3.05, 3.63) is 20.8 Å². The molecule has 0 aromatic heterocycles. The summed E-state index contributed by atoms with van der Waals surface area (Å²) in [5.41, 5.74) is 0. The molecule has 0 spiro atoms. The Bertz CT molecular complexity index is 612. The Morgan fingerprint density at radius 1 is 0.327 bits per heavy atom. The van der Waals surface area contributed by atoms with E-state index in [1.807, 2.05) is 111 Å². The predicted octanol–water partition coefficient (Wildman–Crippen LogP) is 8.30. The minimum atomic E-state index is -0.346. The molecule has 14 heteroatoms. The number of rotatable bonds is 12. The molecule has 0 aromatic carbocycles. The summed E-state index contributed by atoms with van der Waals surface area (Å²) in [6.07, 6.45) is 14.0. The van der Waals surface area contributed by atoms with Crippen molar-refractivity contribution < 1.29 is 51.6 Å². The molecule has 0 bridgehead atoms. The van der Waals surface area contributed by atoms with Crippen molar-refractivity contribution in [2.75, 3.05) is 0 Å². The van der Waals surface area contributed by atoms with Crippen molar-refractivity contribution in [3.63, 3.8) is 0 Å². The van der Waals surface area contributed by atoms with E-state index in [0.717, 1.165) is 0 Å². The van der Waals surface area contributed by atoms with Gasteiger partial charge in [0.25, 0.3) is 0 Å². The molecule has 0 amide bonds. The third kappa shape index (κ3) is 152. The van der Waals surface area contributed by atoms with Gasteiger partial charge in [-0.05, 0) is 111 Å². The average molecular weight is 1030 g/mol. The van der Waals surface area contributed by atoms with E-state index in [4.69, 9.17) is 19.4 Å². The van der Waals surface area contributed by atoms with Crippen molar-refractivity contribution in [3.8, 4) is 0 Å². The molecule has 310 valence electrons. The molecular weight excluding hydrogens is 946 g/mol. The van der Waals surface area contributed by atoms with Crippen molar-refractivity contribution in [1.29, 1.82) is 0 Å². The molecule has 0 rings (SSSR count). The van der Waals surface area contributed by atoms with Gasteiger partial charge in [-0.1, -0.05) is 0 Å². The molecule has 0 unspecified atom stereocenters. The van der Waals surface area contributed by atoms with E-state index in [1.54, 1.807) is 70.5 Å². The van der Waals surface area contributed by atoms with Gasteiger partial charge in [-0.2, -0.15) is 20.8 Å². The second-order valence-electron chi connectivity index (χ2n) is 11.2. The summed E-state index contributed by atoms with van der Waals surface area (Å²) in [5, 5.41) is 0. The summed E-state index contributed by atoms with van der Waals surface area (Å²) < 4.78 is 0. The molecule has 0 aliphatic rings. The Labute approximate surface area is 381 Å². The van der Waals surface area contributed by atoms with Gasteiger partial charge in [0.15, 0.2) is 0 Å². The van der Waals surface area contributed by atoms with Crippen molar-refractivity contribution in [2.24, 2.45) is 39.9 Å². The predicted molar refractivity (Wildman–Crippen MR) is 240 cm³/mol. The van der Waals surface area contributed by atoms with Crippen LogP contribution < -0.4 is 17.0 Å². The van der Waals surface area contributed by atoms with Crippen LogP contribution in [0.1, 0.15) is 132 Å². The maximum Gasteiger partial charge on any atom is 2.00 e. The molecule has 0 aromatic rings. The van der Waals surface area contributed by atoms with Gasteiger partial charge in [0.2, 0.25) is 0 Å². The van der Waals surface area contributed by atoms with Gasteiger partial charge in [0, 0.05) is 98.1 Å². The summed E-state index contributed by atoms with van der Waals surface area (Å²) >= 11 is -0.346. The van der Waals surface area contributed by atoms with Crippen LogP contribution in [0.3, 0.4) is 0 Å². The molecule has 0 saturated heterocycles. The van der Waals surface area contributed by atoms with Gasteiger partial charge in [-0.15, -0.1) is 0 Å². The van der Waals surface area contributed by atoms with Gasteiger partial charge in [-0.3, -0.25) is 39.9 Å². The Hall–Kier alpha value is 0.433. The van der Waals surface area contributed by atoms with Gasteiger partial charge < -0.3 is 37.8 Å². The van der Waals surface area contributed by atoms with Crippen LogP contribution in [-0.2, 0) is 34.6 Å². The van der Waals surface area contributed by atoms with Crippen LogP contribution in [0.4, 0.5) is 0 Å². The topological polar surface area (TPSA) is 98.9 Å². The molecule has 0 aliphatic carbocycles. The van der Waals surface area contributed by atoms with Crippen LogP contribution >= 0.6 is 19.4 Å². The molecule has 0 aliphatic heterocycles. The summed E-state index contributed by atoms with van der Waals surface area (Å²) in [7, 11) is 9.71. The molecule has 0 N–H and O–H groups in total. The number of hydrogen-bond acceptors (Lipinski definition) is 8. The zero-order valence-corrected chi connectivity index (χ0v) is 44.5. The van der Waals surface area contributed by atoms with Crippen molar-refractivity contribution in [1.82, 2.24) is 0 Å². The molecule has 8 nitrogen and oxygen atoms in total. The van der Waals surface area contributed by atoms with Crippen molar-refractivity contribution in [2.45, 2.75) is 180 Å². The first-order chi connectivity index (χ1) is 22.9. The van der Waals surface area contributed by atoms with Gasteiger partial charge in [0.1, 0.15) is 0 Å². The third-order valence-corrected chi connectivity index (χ3v) is 3.34. The largest absolute Gasteiger partial charge is 2.00 e. The SMILES string of the molecule is CC(C)N=CC=NC(C)C.CC(C)N=CC=NC(C)C.CC(C)N=CC=NC(C)C.CC(C)N=CC=NC(C)C.[Br-].[CH2-]C.[CH2-]C.[CH2-]C.[Cl][Ru][Cl].[Mg+2].[Ru+2]. The Kier molecular flexibility index (Phi) is 118. The van der Waals surface area contributed by atoms with Crippen LogP contribution in [0, 0.1) is 20.8 Å². The van der Waals surface area contributed by atoms with Gasteiger partial charge >= 0.3 is 77.1 Å². The van der Waals surface area contributed by atoms with E-state index in [1.165, 1.54) is 0 Å². The van der Waals surface area contributed by atoms with E-state index < -0.39 is 0 Å². The normalized spacial score (nSPS) is 10.8. The van der Waals surface area contributed by atoms with Gasteiger partial charge in [0.05, 0.1) is 0 Å². The standard InChI is InChI=1S/4C8H16N2.3C2H5.BrH.2ClH.Mg.2Ru/c4*1-7(2)9-5-6-10-8(3)4;3*1-2;;;;;;/h4*5-8H,1-4H3;3*1H2,2H3;3*1H;;;/q;;;;3*-1;;;;3*+2/p-3. The van der Waals surface area contributed by atoms with E-state index in [0.29, 0.717) is 48.3 Å². The number of aliphatic imine (C=N–C) groups is 8. The summed E-state index contributed by atoms with van der Waals surface area (Å²) in [6.45, 7) is 47.7. The van der Waals surface area contributed by atoms with E-state index in [-0.39, 0.29) is 74.7 Å². The molecule has 52 heavy (non-hydrogen) atoms. The van der Waals surface area contributed by atoms with E-state index in [2.05, 4.69) is 60.7 Å². The maximum absolute atomic E-state index is 4.85. The first kappa shape index (κ1) is 80.8. The molecule has 0 atom stereocenters.